The Hall–Kier alpha value is -2.30. The van der Waals surface area contributed by atoms with Gasteiger partial charge in [-0.05, 0) is 25.0 Å². The van der Waals surface area contributed by atoms with Gasteiger partial charge in [0, 0.05) is 18.1 Å². The molecule has 1 rings (SSSR count). The number of para-hydroxylation sites is 1. The Morgan fingerprint density at radius 2 is 2.10 bits per heavy atom. The Kier molecular flexibility index (Phi) is 6.29. The first kappa shape index (κ1) is 15.8. The minimum atomic E-state index is -1.01. The highest BCUT2D eigenvalue weighted by molar-refractivity contribution is 5.86. The molecule has 108 valence electrons. The molecule has 5 heteroatoms. The Balaban J connectivity index is 2.68. The van der Waals surface area contributed by atoms with Crippen LogP contribution < -0.4 is 4.74 Å². The van der Waals surface area contributed by atoms with Crippen LogP contribution in [0, 0.1) is 6.92 Å². The molecule has 0 aliphatic carbocycles. The molecule has 0 aliphatic rings. The standard InChI is InChI=1S/C15H18O5/c1-11-5-3-6-12(8-9-13(16)17)15(11)20-10-4-7-14(18)19-2/h3,5-6,8-9H,4,7,10H2,1-2H3,(H,16,17)/b9-8+. The molecule has 1 aromatic carbocycles. The van der Waals surface area contributed by atoms with Gasteiger partial charge in [-0.15, -0.1) is 0 Å². The summed E-state index contributed by atoms with van der Waals surface area (Å²) in [6.07, 6.45) is 3.40. The smallest absolute Gasteiger partial charge is 0.328 e. The third kappa shape index (κ3) is 5.14. The fourth-order valence-electron chi connectivity index (χ4n) is 1.66. The molecule has 1 aromatic rings. The predicted molar refractivity (Wildman–Crippen MR) is 74.6 cm³/mol. The van der Waals surface area contributed by atoms with Crippen molar-refractivity contribution in [1.82, 2.24) is 0 Å². The van der Waals surface area contributed by atoms with Crippen LogP contribution in [-0.2, 0) is 14.3 Å². The highest BCUT2D eigenvalue weighted by Crippen LogP contribution is 2.25. The maximum absolute atomic E-state index is 11.0. The predicted octanol–water partition coefficient (Wildman–Crippen LogP) is 2.42. The van der Waals surface area contributed by atoms with E-state index in [-0.39, 0.29) is 5.97 Å². The zero-order valence-electron chi connectivity index (χ0n) is 11.6. The van der Waals surface area contributed by atoms with E-state index in [1.165, 1.54) is 13.2 Å². The number of hydrogen-bond donors (Lipinski definition) is 1. The minimum Gasteiger partial charge on any atom is -0.493 e. The van der Waals surface area contributed by atoms with Gasteiger partial charge in [-0.2, -0.15) is 0 Å². The molecule has 0 saturated carbocycles. The van der Waals surface area contributed by atoms with E-state index in [9.17, 15) is 9.59 Å². The molecule has 0 heterocycles. The van der Waals surface area contributed by atoms with Gasteiger partial charge in [-0.25, -0.2) is 4.79 Å². The lowest BCUT2D eigenvalue weighted by molar-refractivity contribution is -0.140. The molecule has 0 atom stereocenters. The number of carboxylic acid groups (broad SMARTS) is 1. The maximum Gasteiger partial charge on any atom is 0.328 e. The molecular weight excluding hydrogens is 260 g/mol. The molecule has 0 spiro atoms. The molecule has 0 amide bonds. The first-order chi connectivity index (χ1) is 9.54. The van der Waals surface area contributed by atoms with Crippen molar-refractivity contribution >= 4 is 18.0 Å². The number of hydrogen-bond acceptors (Lipinski definition) is 4. The van der Waals surface area contributed by atoms with Crippen LogP contribution in [0.3, 0.4) is 0 Å². The summed E-state index contributed by atoms with van der Waals surface area (Å²) in [7, 11) is 1.35. The number of ether oxygens (including phenoxy) is 2. The van der Waals surface area contributed by atoms with Gasteiger partial charge >= 0.3 is 11.9 Å². The van der Waals surface area contributed by atoms with E-state index in [4.69, 9.17) is 9.84 Å². The summed E-state index contributed by atoms with van der Waals surface area (Å²) in [4.78, 5) is 21.5. The van der Waals surface area contributed by atoms with Crippen molar-refractivity contribution in [2.45, 2.75) is 19.8 Å². The Labute approximate surface area is 117 Å². The van der Waals surface area contributed by atoms with Gasteiger partial charge in [0.1, 0.15) is 5.75 Å². The lowest BCUT2D eigenvalue weighted by atomic mass is 10.1. The van der Waals surface area contributed by atoms with E-state index in [1.54, 1.807) is 6.07 Å². The average Bonchev–Trinajstić information content (AvgIpc) is 2.42. The van der Waals surface area contributed by atoms with E-state index in [2.05, 4.69) is 4.74 Å². The van der Waals surface area contributed by atoms with Crippen LogP contribution in [0.25, 0.3) is 6.08 Å². The van der Waals surface area contributed by atoms with Crippen molar-refractivity contribution in [2.24, 2.45) is 0 Å². The molecule has 0 bridgehead atoms. The van der Waals surface area contributed by atoms with Gasteiger partial charge in [-0.1, -0.05) is 18.2 Å². The van der Waals surface area contributed by atoms with Crippen molar-refractivity contribution in [3.63, 3.8) is 0 Å². The van der Waals surface area contributed by atoms with Gasteiger partial charge in [0.25, 0.3) is 0 Å². The van der Waals surface area contributed by atoms with E-state index in [0.29, 0.717) is 30.8 Å². The normalized spacial score (nSPS) is 10.5. The second-order valence-corrected chi connectivity index (χ2v) is 4.19. The highest BCUT2D eigenvalue weighted by atomic mass is 16.5. The molecule has 1 N–H and O–H groups in total. The molecule has 0 fully saturated rings. The molecule has 0 radical (unpaired) electrons. The minimum absolute atomic E-state index is 0.274. The van der Waals surface area contributed by atoms with Gasteiger partial charge < -0.3 is 14.6 Å². The van der Waals surface area contributed by atoms with E-state index in [1.807, 2.05) is 19.1 Å². The number of methoxy groups -OCH3 is 1. The number of benzene rings is 1. The number of aryl methyl sites for hydroxylation is 1. The number of carbonyl (C=O) groups is 2. The molecular formula is C15H18O5. The van der Waals surface area contributed by atoms with Crippen LogP contribution in [0.2, 0.25) is 0 Å². The van der Waals surface area contributed by atoms with E-state index < -0.39 is 5.97 Å². The monoisotopic (exact) mass is 278 g/mol. The van der Waals surface area contributed by atoms with Gasteiger partial charge in [0.15, 0.2) is 0 Å². The zero-order chi connectivity index (χ0) is 15.0. The summed E-state index contributed by atoms with van der Waals surface area (Å²) >= 11 is 0. The van der Waals surface area contributed by atoms with Crippen LogP contribution >= 0.6 is 0 Å². The second kappa shape index (κ2) is 7.99. The topological polar surface area (TPSA) is 72.8 Å². The number of carbonyl (C=O) groups excluding carboxylic acids is 1. The van der Waals surface area contributed by atoms with Gasteiger partial charge in [0.05, 0.1) is 13.7 Å². The SMILES string of the molecule is COC(=O)CCCOc1c(C)cccc1/C=C/C(=O)O. The molecule has 0 unspecified atom stereocenters. The quantitative estimate of drug-likeness (QED) is 0.471. The number of aliphatic carboxylic acids is 1. The number of esters is 1. The maximum atomic E-state index is 11.0. The Morgan fingerprint density at radius 3 is 2.75 bits per heavy atom. The lowest BCUT2D eigenvalue weighted by Gasteiger charge is -2.11. The van der Waals surface area contributed by atoms with Gasteiger partial charge in [0.2, 0.25) is 0 Å². The molecule has 20 heavy (non-hydrogen) atoms. The van der Waals surface area contributed by atoms with Gasteiger partial charge in [-0.3, -0.25) is 4.79 Å². The average molecular weight is 278 g/mol. The van der Waals surface area contributed by atoms with Crippen LogP contribution in [0.4, 0.5) is 0 Å². The molecule has 0 aliphatic heterocycles. The van der Waals surface area contributed by atoms with Crippen LogP contribution in [-0.4, -0.2) is 30.8 Å². The highest BCUT2D eigenvalue weighted by Gasteiger charge is 2.06. The molecule has 5 nitrogen and oxygen atoms in total. The second-order valence-electron chi connectivity index (χ2n) is 4.19. The summed E-state index contributed by atoms with van der Waals surface area (Å²) in [5.74, 6) is -0.651. The van der Waals surface area contributed by atoms with Crippen molar-refractivity contribution in [3.05, 3.63) is 35.4 Å². The van der Waals surface area contributed by atoms with Crippen molar-refractivity contribution < 1.29 is 24.2 Å². The van der Waals surface area contributed by atoms with Crippen LogP contribution in [0.5, 0.6) is 5.75 Å². The Morgan fingerprint density at radius 1 is 1.35 bits per heavy atom. The first-order valence-electron chi connectivity index (χ1n) is 6.25. The van der Waals surface area contributed by atoms with E-state index in [0.717, 1.165) is 11.6 Å². The third-order valence-electron chi connectivity index (χ3n) is 2.65. The lowest BCUT2D eigenvalue weighted by Crippen LogP contribution is -2.05. The van der Waals surface area contributed by atoms with E-state index >= 15 is 0 Å². The summed E-state index contributed by atoms with van der Waals surface area (Å²) < 4.78 is 10.2. The summed E-state index contributed by atoms with van der Waals surface area (Å²) in [6.45, 7) is 2.25. The fourth-order valence-corrected chi connectivity index (χ4v) is 1.66. The summed E-state index contributed by atoms with van der Waals surface area (Å²) in [6, 6.07) is 5.49. The fraction of sp³-hybridized carbons (Fsp3) is 0.333. The summed E-state index contributed by atoms with van der Waals surface area (Å²) in [5.41, 5.74) is 1.61. The Bertz CT molecular complexity index is 505. The van der Waals surface area contributed by atoms with Crippen LogP contribution in [0.15, 0.2) is 24.3 Å². The zero-order valence-corrected chi connectivity index (χ0v) is 11.6. The molecule has 0 saturated heterocycles. The third-order valence-corrected chi connectivity index (χ3v) is 2.65. The van der Waals surface area contributed by atoms with Crippen molar-refractivity contribution in [2.75, 3.05) is 13.7 Å². The van der Waals surface area contributed by atoms with Crippen LogP contribution in [0.1, 0.15) is 24.0 Å². The van der Waals surface area contributed by atoms with Crippen molar-refractivity contribution in [1.29, 1.82) is 0 Å². The molecule has 0 aromatic heterocycles. The largest absolute Gasteiger partial charge is 0.493 e. The summed E-state index contributed by atoms with van der Waals surface area (Å²) in [5, 5.41) is 8.66. The number of rotatable bonds is 7. The van der Waals surface area contributed by atoms with Crippen molar-refractivity contribution in [3.8, 4) is 5.75 Å². The number of carboxylic acids is 1. The first-order valence-corrected chi connectivity index (χ1v) is 6.25.